The van der Waals surface area contributed by atoms with E-state index in [2.05, 4.69) is 15.5 Å². The van der Waals surface area contributed by atoms with Crippen LogP contribution in [0.25, 0.3) is 0 Å². The Bertz CT molecular complexity index is 287. The number of aromatic nitrogens is 2. The summed E-state index contributed by atoms with van der Waals surface area (Å²) in [6.45, 7) is 5.78. The van der Waals surface area contributed by atoms with Crippen LogP contribution in [0.15, 0.2) is 12.1 Å². The minimum atomic E-state index is 0.316. The second-order valence-electron chi connectivity index (χ2n) is 3.90. The van der Waals surface area contributed by atoms with E-state index < -0.39 is 0 Å². The summed E-state index contributed by atoms with van der Waals surface area (Å²) in [5.41, 5.74) is 5.43. The number of nitrogens with zero attached hydrogens (tertiary/aromatic N) is 2. The first-order valence-corrected chi connectivity index (χ1v) is 5.63. The van der Waals surface area contributed by atoms with Gasteiger partial charge in [0.05, 0.1) is 6.10 Å². The highest BCUT2D eigenvalue weighted by Gasteiger charge is 1.95. The zero-order chi connectivity index (χ0) is 11.8. The summed E-state index contributed by atoms with van der Waals surface area (Å²) in [6.07, 6.45) is 2.42. The highest BCUT2D eigenvalue weighted by molar-refractivity contribution is 5.38. The summed E-state index contributed by atoms with van der Waals surface area (Å²) in [7, 11) is 0. The smallest absolute Gasteiger partial charge is 0.148 e. The number of ether oxygens (including phenoxy) is 1. The highest BCUT2D eigenvalue weighted by Crippen LogP contribution is 2.03. The van der Waals surface area contributed by atoms with E-state index in [9.17, 15) is 0 Å². The van der Waals surface area contributed by atoms with Crippen LogP contribution >= 0.6 is 0 Å². The van der Waals surface area contributed by atoms with Gasteiger partial charge in [-0.1, -0.05) is 0 Å². The van der Waals surface area contributed by atoms with Crippen molar-refractivity contribution >= 4 is 11.6 Å². The molecule has 5 nitrogen and oxygen atoms in total. The Balaban J connectivity index is 2.05. The molecule has 0 amide bonds. The number of anilines is 2. The fourth-order valence-electron chi connectivity index (χ4n) is 1.20. The third kappa shape index (κ3) is 5.50. The first-order valence-electron chi connectivity index (χ1n) is 5.63. The topological polar surface area (TPSA) is 73.1 Å². The molecule has 0 aromatic carbocycles. The van der Waals surface area contributed by atoms with Crippen molar-refractivity contribution in [2.24, 2.45) is 0 Å². The number of nitrogens with two attached hydrogens (primary N) is 1. The number of unbranched alkanes of at least 4 members (excludes halogenated alkanes) is 1. The van der Waals surface area contributed by atoms with E-state index >= 15 is 0 Å². The average molecular weight is 224 g/mol. The number of nitrogens with one attached hydrogen (secondary N) is 1. The fourth-order valence-corrected chi connectivity index (χ4v) is 1.20. The van der Waals surface area contributed by atoms with Crippen LogP contribution in [0, 0.1) is 0 Å². The monoisotopic (exact) mass is 224 g/mol. The molecule has 0 aliphatic carbocycles. The molecule has 0 bridgehead atoms. The standard InChI is InChI=1S/C11H20N4O/c1-9(2)16-8-4-3-7-13-11-6-5-10(12)14-15-11/h5-6,9H,3-4,7-8H2,1-2H3,(H2,12,14)(H,13,15). The van der Waals surface area contributed by atoms with Gasteiger partial charge in [0.25, 0.3) is 0 Å². The molecule has 3 N–H and O–H groups in total. The van der Waals surface area contributed by atoms with Gasteiger partial charge in [0.15, 0.2) is 0 Å². The van der Waals surface area contributed by atoms with Gasteiger partial charge < -0.3 is 15.8 Å². The lowest BCUT2D eigenvalue weighted by atomic mass is 10.3. The molecule has 1 rings (SSSR count). The third-order valence-electron chi connectivity index (χ3n) is 2.01. The maximum absolute atomic E-state index is 5.44. The highest BCUT2D eigenvalue weighted by atomic mass is 16.5. The van der Waals surface area contributed by atoms with Crippen LogP contribution in [0.4, 0.5) is 11.6 Å². The van der Waals surface area contributed by atoms with Gasteiger partial charge >= 0.3 is 0 Å². The summed E-state index contributed by atoms with van der Waals surface area (Å²) in [4.78, 5) is 0. The van der Waals surface area contributed by atoms with Crippen LogP contribution < -0.4 is 11.1 Å². The van der Waals surface area contributed by atoms with Crippen molar-refractivity contribution in [3.63, 3.8) is 0 Å². The van der Waals surface area contributed by atoms with Crippen molar-refractivity contribution in [2.75, 3.05) is 24.2 Å². The van der Waals surface area contributed by atoms with Gasteiger partial charge in [0.1, 0.15) is 11.6 Å². The molecule has 0 saturated carbocycles. The summed E-state index contributed by atoms with van der Waals surface area (Å²) < 4.78 is 5.44. The number of rotatable bonds is 7. The zero-order valence-corrected chi connectivity index (χ0v) is 9.94. The Morgan fingerprint density at radius 2 is 2.12 bits per heavy atom. The Morgan fingerprint density at radius 1 is 1.31 bits per heavy atom. The molecule has 1 aromatic rings. The van der Waals surface area contributed by atoms with Crippen LogP contribution in [0.5, 0.6) is 0 Å². The Morgan fingerprint density at radius 3 is 2.75 bits per heavy atom. The van der Waals surface area contributed by atoms with Gasteiger partial charge in [-0.2, -0.15) is 0 Å². The fraction of sp³-hybridized carbons (Fsp3) is 0.636. The lowest BCUT2D eigenvalue weighted by Crippen LogP contribution is -2.08. The van der Waals surface area contributed by atoms with Gasteiger partial charge in [-0.15, -0.1) is 10.2 Å². The summed E-state index contributed by atoms with van der Waals surface area (Å²) in [5, 5.41) is 10.8. The van der Waals surface area contributed by atoms with Crippen molar-refractivity contribution in [3.8, 4) is 0 Å². The molecule has 0 spiro atoms. The van der Waals surface area contributed by atoms with Crippen LogP contribution in [-0.2, 0) is 4.74 Å². The zero-order valence-electron chi connectivity index (χ0n) is 9.94. The van der Waals surface area contributed by atoms with Crippen LogP contribution in [0.1, 0.15) is 26.7 Å². The van der Waals surface area contributed by atoms with Gasteiger partial charge in [-0.05, 0) is 38.8 Å². The molecule has 0 saturated heterocycles. The van der Waals surface area contributed by atoms with Crippen molar-refractivity contribution in [3.05, 3.63) is 12.1 Å². The predicted octanol–water partition coefficient (Wildman–Crippen LogP) is 1.68. The molecule has 0 aliphatic heterocycles. The van der Waals surface area contributed by atoms with Crippen molar-refractivity contribution in [2.45, 2.75) is 32.8 Å². The molecule has 0 unspecified atom stereocenters. The number of nitrogen functional groups attached to an aromatic ring is 1. The van der Waals surface area contributed by atoms with Crippen LogP contribution in [0.2, 0.25) is 0 Å². The molecule has 0 fully saturated rings. The number of hydrogen-bond acceptors (Lipinski definition) is 5. The lowest BCUT2D eigenvalue weighted by molar-refractivity contribution is 0.0765. The van der Waals surface area contributed by atoms with E-state index in [1.54, 1.807) is 6.07 Å². The molecule has 1 aromatic heterocycles. The van der Waals surface area contributed by atoms with Gasteiger partial charge in [-0.25, -0.2) is 0 Å². The Labute approximate surface area is 96.4 Å². The average Bonchev–Trinajstić information content (AvgIpc) is 2.25. The summed E-state index contributed by atoms with van der Waals surface area (Å²) in [5.74, 6) is 1.20. The van der Waals surface area contributed by atoms with E-state index in [0.29, 0.717) is 11.9 Å². The molecular weight excluding hydrogens is 204 g/mol. The minimum absolute atomic E-state index is 0.316. The maximum atomic E-state index is 5.44. The first-order chi connectivity index (χ1) is 7.68. The van der Waals surface area contributed by atoms with Crippen molar-refractivity contribution < 1.29 is 4.74 Å². The van der Waals surface area contributed by atoms with Crippen LogP contribution in [-0.4, -0.2) is 29.5 Å². The van der Waals surface area contributed by atoms with E-state index in [1.807, 2.05) is 19.9 Å². The van der Waals surface area contributed by atoms with E-state index in [1.165, 1.54) is 0 Å². The Hall–Kier alpha value is -1.36. The third-order valence-corrected chi connectivity index (χ3v) is 2.01. The molecule has 16 heavy (non-hydrogen) atoms. The Kier molecular flexibility index (Phi) is 5.56. The molecule has 0 radical (unpaired) electrons. The minimum Gasteiger partial charge on any atom is -0.382 e. The first kappa shape index (κ1) is 12.7. The van der Waals surface area contributed by atoms with Crippen LogP contribution in [0.3, 0.4) is 0 Å². The number of hydrogen-bond donors (Lipinski definition) is 2. The van der Waals surface area contributed by atoms with Gasteiger partial charge in [0.2, 0.25) is 0 Å². The van der Waals surface area contributed by atoms with Gasteiger partial charge in [-0.3, -0.25) is 0 Å². The predicted molar refractivity (Wildman–Crippen MR) is 65.3 cm³/mol. The SMILES string of the molecule is CC(C)OCCCCNc1ccc(N)nn1. The van der Waals surface area contributed by atoms with Gasteiger partial charge in [0, 0.05) is 13.2 Å². The molecule has 5 heteroatoms. The van der Waals surface area contributed by atoms with E-state index in [-0.39, 0.29) is 0 Å². The normalized spacial score (nSPS) is 10.7. The maximum Gasteiger partial charge on any atom is 0.148 e. The molecule has 90 valence electrons. The summed E-state index contributed by atoms with van der Waals surface area (Å²) in [6, 6.07) is 3.56. The summed E-state index contributed by atoms with van der Waals surface area (Å²) >= 11 is 0. The second-order valence-corrected chi connectivity index (χ2v) is 3.90. The largest absolute Gasteiger partial charge is 0.382 e. The quantitative estimate of drug-likeness (QED) is 0.689. The van der Waals surface area contributed by atoms with E-state index in [4.69, 9.17) is 10.5 Å². The molecule has 0 atom stereocenters. The van der Waals surface area contributed by atoms with Crippen molar-refractivity contribution in [1.29, 1.82) is 0 Å². The second kappa shape index (κ2) is 7.00. The molecule has 0 aliphatic rings. The van der Waals surface area contributed by atoms with E-state index in [0.717, 1.165) is 31.8 Å². The lowest BCUT2D eigenvalue weighted by Gasteiger charge is -2.07. The molecular formula is C11H20N4O. The van der Waals surface area contributed by atoms with Crippen molar-refractivity contribution in [1.82, 2.24) is 10.2 Å². The molecule has 1 heterocycles.